The third kappa shape index (κ3) is 2.24. The summed E-state index contributed by atoms with van der Waals surface area (Å²) in [4.78, 5) is 2.70. The van der Waals surface area contributed by atoms with E-state index in [0.717, 1.165) is 32.4 Å². The van der Waals surface area contributed by atoms with E-state index in [4.69, 9.17) is 4.74 Å². The summed E-state index contributed by atoms with van der Waals surface area (Å²) in [6, 6.07) is 14.0. The summed E-state index contributed by atoms with van der Waals surface area (Å²) in [6.07, 6.45) is 4.46. The molecule has 5 atom stereocenters. The van der Waals surface area contributed by atoms with Gasteiger partial charge in [-0.25, -0.2) is 0 Å². The van der Waals surface area contributed by atoms with Gasteiger partial charge in [0.05, 0.1) is 7.11 Å². The molecule has 2 aromatic carbocycles. The molecule has 6 rings (SSSR count). The Kier molecular flexibility index (Phi) is 3.74. The summed E-state index contributed by atoms with van der Waals surface area (Å²) in [6.45, 7) is 4.53. The van der Waals surface area contributed by atoms with Crippen LogP contribution in [0, 0.1) is 5.92 Å². The first-order chi connectivity index (χ1) is 14.2. The highest BCUT2D eigenvalue weighted by Gasteiger charge is 2.59. The molecule has 2 aromatic rings. The molecule has 29 heavy (non-hydrogen) atoms. The maximum absolute atomic E-state index is 11.3. The molecule has 1 saturated heterocycles. The first kappa shape index (κ1) is 17.6. The van der Waals surface area contributed by atoms with Crippen LogP contribution in [0.25, 0.3) is 0 Å². The number of likely N-dealkylation sites (N-methyl/N-ethyl adjacent to an activating group) is 1. The fourth-order valence-corrected chi connectivity index (χ4v) is 7.38. The summed E-state index contributed by atoms with van der Waals surface area (Å²) in [5.74, 6) is 2.18. The van der Waals surface area contributed by atoms with Crippen molar-refractivity contribution in [2.75, 3.05) is 25.5 Å². The van der Waals surface area contributed by atoms with E-state index >= 15 is 0 Å². The molecule has 1 saturated carbocycles. The van der Waals surface area contributed by atoms with Gasteiger partial charge in [0.2, 0.25) is 0 Å². The summed E-state index contributed by atoms with van der Waals surface area (Å²) in [5.41, 5.74) is 5.38. The highest BCUT2D eigenvalue weighted by Crippen LogP contribution is 2.62. The van der Waals surface area contributed by atoms with Crippen molar-refractivity contribution in [3.63, 3.8) is 0 Å². The summed E-state index contributed by atoms with van der Waals surface area (Å²) >= 11 is 0. The third-order valence-corrected chi connectivity index (χ3v) is 8.55. The van der Waals surface area contributed by atoms with Crippen molar-refractivity contribution >= 4 is 5.69 Å². The van der Waals surface area contributed by atoms with Crippen molar-refractivity contribution in [3.8, 4) is 11.5 Å². The maximum atomic E-state index is 11.3. The molecule has 0 amide bonds. The molecule has 2 aliphatic heterocycles. The molecule has 4 nitrogen and oxygen atoms in total. The molecule has 0 spiro atoms. The van der Waals surface area contributed by atoms with Crippen LogP contribution in [-0.2, 0) is 11.8 Å². The van der Waals surface area contributed by atoms with E-state index in [1.165, 1.54) is 28.8 Å². The Morgan fingerprint density at radius 3 is 2.93 bits per heavy atom. The van der Waals surface area contributed by atoms with E-state index in [0.29, 0.717) is 35.4 Å². The highest BCUT2D eigenvalue weighted by molar-refractivity contribution is 5.62. The second-order valence-electron chi connectivity index (χ2n) is 9.45. The Labute approximate surface area is 172 Å². The number of ether oxygens (including phenoxy) is 1. The van der Waals surface area contributed by atoms with Crippen molar-refractivity contribution in [3.05, 3.63) is 53.1 Å². The van der Waals surface area contributed by atoms with Gasteiger partial charge in [0, 0.05) is 34.7 Å². The van der Waals surface area contributed by atoms with Gasteiger partial charge < -0.3 is 15.2 Å². The quantitative estimate of drug-likeness (QED) is 0.804. The normalized spacial score (nSPS) is 34.4. The van der Waals surface area contributed by atoms with Crippen molar-refractivity contribution in [2.45, 2.75) is 56.0 Å². The Hall–Kier alpha value is -2.20. The molecular formula is C25H30N2O2. The van der Waals surface area contributed by atoms with Gasteiger partial charge in [0.15, 0.2) is 11.5 Å². The van der Waals surface area contributed by atoms with Crippen molar-refractivity contribution in [1.29, 1.82) is 0 Å². The Morgan fingerprint density at radius 2 is 2.10 bits per heavy atom. The molecule has 2 N–H and O–H groups in total. The number of hydrogen-bond acceptors (Lipinski definition) is 4. The number of nitrogens with zero attached hydrogens (tertiary/aromatic N) is 1. The number of nitrogens with one attached hydrogen (secondary N) is 1. The number of phenolic OH excluding ortho intramolecular Hbond substituents is 1. The molecule has 2 aliphatic carbocycles. The average Bonchev–Trinajstić information content (AvgIpc) is 3.09. The molecular weight excluding hydrogens is 360 g/mol. The number of aromatic hydroxyl groups is 1. The number of rotatable bonds is 2. The SMILES string of the molecule is CCN1CC[C@]23CC4Nc5ccccc5C4C[C@H]2C1Cc1ccc(OC)c(O)c13. The van der Waals surface area contributed by atoms with Crippen LogP contribution in [-0.4, -0.2) is 42.3 Å². The third-order valence-electron chi connectivity index (χ3n) is 8.55. The van der Waals surface area contributed by atoms with Crippen molar-refractivity contribution < 1.29 is 9.84 Å². The van der Waals surface area contributed by atoms with Gasteiger partial charge in [-0.2, -0.15) is 0 Å². The molecule has 4 aliphatic rings. The largest absolute Gasteiger partial charge is 0.504 e. The zero-order valence-electron chi connectivity index (χ0n) is 17.3. The second-order valence-corrected chi connectivity index (χ2v) is 9.45. The number of benzene rings is 2. The van der Waals surface area contributed by atoms with Crippen LogP contribution in [0.5, 0.6) is 11.5 Å². The minimum Gasteiger partial charge on any atom is -0.504 e. The lowest BCUT2D eigenvalue weighted by Gasteiger charge is -2.61. The van der Waals surface area contributed by atoms with E-state index in [1.807, 2.05) is 6.07 Å². The van der Waals surface area contributed by atoms with Gasteiger partial charge >= 0.3 is 0 Å². The number of para-hydroxylation sites is 1. The average molecular weight is 391 g/mol. The fourth-order valence-electron chi connectivity index (χ4n) is 7.38. The van der Waals surface area contributed by atoms with E-state index in [-0.39, 0.29) is 5.41 Å². The summed E-state index contributed by atoms with van der Waals surface area (Å²) in [7, 11) is 1.66. The smallest absolute Gasteiger partial charge is 0.161 e. The zero-order chi connectivity index (χ0) is 19.8. The van der Waals surface area contributed by atoms with Crippen LogP contribution >= 0.6 is 0 Å². The highest BCUT2D eigenvalue weighted by atomic mass is 16.5. The van der Waals surface area contributed by atoms with Crippen LogP contribution in [0.4, 0.5) is 5.69 Å². The molecule has 3 unspecified atom stereocenters. The number of likely N-dealkylation sites (tertiary alicyclic amines) is 1. The van der Waals surface area contributed by atoms with E-state index in [2.05, 4.69) is 47.5 Å². The van der Waals surface area contributed by atoms with E-state index in [9.17, 15) is 5.11 Å². The predicted octanol–water partition coefficient (Wildman–Crippen LogP) is 4.28. The minimum absolute atomic E-state index is 0.0404. The summed E-state index contributed by atoms with van der Waals surface area (Å²) in [5, 5.41) is 15.1. The van der Waals surface area contributed by atoms with E-state index in [1.54, 1.807) is 7.11 Å². The lowest BCUT2D eigenvalue weighted by atomic mass is 9.49. The number of phenols is 1. The Balaban J connectivity index is 1.52. The van der Waals surface area contributed by atoms with Crippen molar-refractivity contribution in [1.82, 2.24) is 4.90 Å². The van der Waals surface area contributed by atoms with Crippen molar-refractivity contribution in [2.24, 2.45) is 5.92 Å². The van der Waals surface area contributed by atoms with Gasteiger partial charge in [-0.1, -0.05) is 31.2 Å². The van der Waals surface area contributed by atoms with E-state index < -0.39 is 0 Å². The topological polar surface area (TPSA) is 44.7 Å². The van der Waals surface area contributed by atoms with Crippen LogP contribution in [0.2, 0.25) is 0 Å². The minimum atomic E-state index is 0.0404. The predicted molar refractivity (Wildman–Crippen MR) is 115 cm³/mol. The number of piperidine rings is 1. The zero-order valence-corrected chi connectivity index (χ0v) is 17.3. The fraction of sp³-hybridized carbons (Fsp3) is 0.520. The van der Waals surface area contributed by atoms with Crippen LogP contribution < -0.4 is 10.1 Å². The maximum Gasteiger partial charge on any atom is 0.161 e. The molecule has 4 heteroatoms. The summed E-state index contributed by atoms with van der Waals surface area (Å²) < 4.78 is 5.53. The number of fused-ring (bicyclic) bond motifs is 4. The number of methoxy groups -OCH3 is 1. The Bertz CT molecular complexity index is 973. The lowest BCUT2D eigenvalue weighted by molar-refractivity contribution is -0.0173. The number of hydrogen-bond donors (Lipinski definition) is 2. The molecule has 2 bridgehead atoms. The van der Waals surface area contributed by atoms with Gasteiger partial charge in [-0.05, 0) is 68.0 Å². The first-order valence-corrected chi connectivity index (χ1v) is 11.1. The second kappa shape index (κ2) is 6.15. The van der Waals surface area contributed by atoms with Gasteiger partial charge in [-0.15, -0.1) is 0 Å². The van der Waals surface area contributed by atoms with Crippen LogP contribution in [0.3, 0.4) is 0 Å². The Morgan fingerprint density at radius 1 is 1.24 bits per heavy atom. The number of anilines is 1. The monoisotopic (exact) mass is 390 g/mol. The van der Waals surface area contributed by atoms with Gasteiger partial charge in [0.25, 0.3) is 0 Å². The van der Waals surface area contributed by atoms with Crippen LogP contribution in [0.1, 0.15) is 48.8 Å². The van der Waals surface area contributed by atoms with Crippen LogP contribution in [0.15, 0.2) is 36.4 Å². The molecule has 2 fully saturated rings. The molecule has 0 aromatic heterocycles. The molecule has 2 heterocycles. The first-order valence-electron chi connectivity index (χ1n) is 11.1. The molecule has 152 valence electrons. The van der Waals surface area contributed by atoms with Gasteiger partial charge in [-0.3, -0.25) is 4.90 Å². The molecule has 0 radical (unpaired) electrons. The lowest BCUT2D eigenvalue weighted by Crippen LogP contribution is -2.63. The standard InChI is InChI=1S/C25H30N2O2/c1-3-27-11-10-25-14-20-17(16-6-4-5-7-19(16)26-20)13-18(25)21(27)12-15-8-9-22(29-2)24(28)23(15)25/h4-9,17-18,20-21,26,28H,3,10-14H2,1-2H3/t17?,18-,20?,21?,25-/m0/s1. The van der Waals surface area contributed by atoms with Gasteiger partial charge in [0.1, 0.15) is 0 Å².